The first-order valence-corrected chi connectivity index (χ1v) is 6.50. The van der Waals surface area contributed by atoms with E-state index in [1.807, 2.05) is 13.0 Å². The van der Waals surface area contributed by atoms with Crippen molar-refractivity contribution in [1.29, 1.82) is 0 Å². The maximum Gasteiger partial charge on any atom is 0.311 e. The van der Waals surface area contributed by atoms with E-state index in [2.05, 4.69) is 15.0 Å². The van der Waals surface area contributed by atoms with Crippen molar-refractivity contribution in [2.45, 2.75) is 13.3 Å². The van der Waals surface area contributed by atoms with Gasteiger partial charge in [-0.1, -0.05) is 0 Å². The highest BCUT2D eigenvalue weighted by atomic mass is 32.1. The van der Waals surface area contributed by atoms with Crippen LogP contribution in [0.1, 0.15) is 11.3 Å². The Bertz CT molecular complexity index is 578. The predicted molar refractivity (Wildman–Crippen MR) is 72.3 cm³/mol. The molecule has 0 amide bonds. The number of halogens is 1. The summed E-state index contributed by atoms with van der Waals surface area (Å²) in [6.45, 7) is 1.82. The molecule has 0 fully saturated rings. The van der Waals surface area contributed by atoms with E-state index >= 15 is 0 Å². The quantitative estimate of drug-likeness (QED) is 0.875. The summed E-state index contributed by atoms with van der Waals surface area (Å²) in [6, 6.07) is 4.68. The van der Waals surface area contributed by atoms with Crippen molar-refractivity contribution in [3.63, 3.8) is 0 Å². The maximum absolute atomic E-state index is 13.2. The number of nitrogens with one attached hydrogen (secondary N) is 1. The second-order valence-electron chi connectivity index (χ2n) is 4.04. The van der Waals surface area contributed by atoms with Crippen LogP contribution in [0.2, 0.25) is 0 Å². The van der Waals surface area contributed by atoms with E-state index in [0.717, 1.165) is 5.56 Å². The maximum atomic E-state index is 13.2. The van der Waals surface area contributed by atoms with Gasteiger partial charge in [0.25, 0.3) is 0 Å². The van der Waals surface area contributed by atoms with Crippen molar-refractivity contribution in [3.8, 4) is 0 Å². The minimum atomic E-state index is -0.335. The summed E-state index contributed by atoms with van der Waals surface area (Å²) >= 11 is 1.36. The first-order chi connectivity index (χ1) is 9.06. The lowest BCUT2D eigenvalue weighted by molar-refractivity contribution is -0.139. The van der Waals surface area contributed by atoms with Crippen molar-refractivity contribution in [2.75, 3.05) is 12.4 Å². The molecule has 0 radical (unpaired) electrons. The number of ether oxygens (including phenoxy) is 1. The summed E-state index contributed by atoms with van der Waals surface area (Å²) < 4.78 is 17.8. The summed E-state index contributed by atoms with van der Waals surface area (Å²) in [5.41, 5.74) is 2.10. The molecule has 100 valence electrons. The normalized spacial score (nSPS) is 10.3. The van der Waals surface area contributed by atoms with E-state index in [9.17, 15) is 9.18 Å². The summed E-state index contributed by atoms with van der Waals surface area (Å²) in [6.07, 6.45) is 0.136. The van der Waals surface area contributed by atoms with Crippen LogP contribution in [0.4, 0.5) is 15.2 Å². The number of nitrogens with zero attached hydrogens (tertiary/aromatic N) is 1. The van der Waals surface area contributed by atoms with Crippen LogP contribution < -0.4 is 5.32 Å². The van der Waals surface area contributed by atoms with Crippen LogP contribution >= 0.6 is 11.3 Å². The lowest BCUT2D eigenvalue weighted by Gasteiger charge is -2.04. The summed E-state index contributed by atoms with van der Waals surface area (Å²) in [4.78, 5) is 15.3. The minimum Gasteiger partial charge on any atom is -0.469 e. The molecule has 19 heavy (non-hydrogen) atoms. The first-order valence-electron chi connectivity index (χ1n) is 5.62. The van der Waals surface area contributed by atoms with E-state index in [4.69, 9.17) is 0 Å². The van der Waals surface area contributed by atoms with Crippen molar-refractivity contribution in [3.05, 3.63) is 40.7 Å². The van der Waals surface area contributed by atoms with Gasteiger partial charge in [-0.15, -0.1) is 11.3 Å². The third kappa shape index (κ3) is 3.75. The molecule has 0 bridgehead atoms. The van der Waals surface area contributed by atoms with Gasteiger partial charge in [-0.05, 0) is 30.7 Å². The van der Waals surface area contributed by atoms with Gasteiger partial charge in [-0.3, -0.25) is 4.79 Å². The number of methoxy groups -OCH3 is 1. The summed E-state index contributed by atoms with van der Waals surface area (Å²) in [7, 11) is 1.34. The van der Waals surface area contributed by atoms with Crippen LogP contribution in [0.5, 0.6) is 0 Å². The largest absolute Gasteiger partial charge is 0.469 e. The molecular weight excluding hydrogens is 267 g/mol. The van der Waals surface area contributed by atoms with Crippen molar-refractivity contribution in [2.24, 2.45) is 0 Å². The van der Waals surface area contributed by atoms with E-state index < -0.39 is 0 Å². The Labute approximate surface area is 114 Å². The van der Waals surface area contributed by atoms with Gasteiger partial charge in [0.2, 0.25) is 0 Å². The molecule has 1 aromatic heterocycles. The zero-order valence-corrected chi connectivity index (χ0v) is 11.4. The number of carbonyl (C=O) groups is 1. The predicted octanol–water partition coefficient (Wildman–Crippen LogP) is 3.05. The third-order valence-electron chi connectivity index (χ3n) is 2.40. The second kappa shape index (κ2) is 5.79. The third-order valence-corrected chi connectivity index (χ3v) is 3.20. The molecule has 2 rings (SSSR count). The van der Waals surface area contributed by atoms with Gasteiger partial charge < -0.3 is 10.1 Å². The molecule has 0 saturated heterocycles. The molecule has 0 unspecified atom stereocenters. The van der Waals surface area contributed by atoms with Crippen LogP contribution in [0.3, 0.4) is 0 Å². The Balaban J connectivity index is 2.09. The fourth-order valence-corrected chi connectivity index (χ4v) is 2.33. The molecule has 0 spiro atoms. The zero-order chi connectivity index (χ0) is 13.8. The number of hydrogen-bond donors (Lipinski definition) is 1. The number of rotatable bonds is 4. The van der Waals surface area contributed by atoms with E-state index in [-0.39, 0.29) is 18.2 Å². The van der Waals surface area contributed by atoms with Gasteiger partial charge in [0.05, 0.1) is 19.2 Å². The van der Waals surface area contributed by atoms with E-state index in [1.54, 1.807) is 5.38 Å². The molecule has 4 nitrogen and oxygen atoms in total. The molecule has 0 saturated carbocycles. The van der Waals surface area contributed by atoms with Crippen molar-refractivity contribution >= 4 is 28.1 Å². The number of thiazole rings is 1. The number of carbonyl (C=O) groups excluding carboxylic acids is 1. The molecular formula is C13H13FN2O2S. The SMILES string of the molecule is COC(=O)Cc1csc(Nc2cc(C)cc(F)c2)n1. The van der Waals surface area contributed by atoms with E-state index in [0.29, 0.717) is 16.5 Å². The average Bonchev–Trinajstić information content (AvgIpc) is 2.74. The van der Waals surface area contributed by atoms with Crippen LogP contribution in [-0.2, 0) is 16.0 Å². The van der Waals surface area contributed by atoms with Crippen molar-refractivity contribution < 1.29 is 13.9 Å². The van der Waals surface area contributed by atoms with Gasteiger partial charge >= 0.3 is 5.97 Å². The number of hydrogen-bond acceptors (Lipinski definition) is 5. The minimum absolute atomic E-state index is 0.136. The molecule has 0 aliphatic rings. The van der Waals surface area contributed by atoms with Crippen LogP contribution in [0.15, 0.2) is 23.6 Å². The fraction of sp³-hybridized carbons (Fsp3) is 0.231. The Morgan fingerprint density at radius 2 is 2.26 bits per heavy atom. The Morgan fingerprint density at radius 3 is 2.95 bits per heavy atom. The van der Waals surface area contributed by atoms with Crippen LogP contribution in [-0.4, -0.2) is 18.1 Å². The second-order valence-corrected chi connectivity index (χ2v) is 4.90. The highest BCUT2D eigenvalue weighted by molar-refractivity contribution is 7.13. The van der Waals surface area contributed by atoms with Gasteiger partial charge in [-0.2, -0.15) is 0 Å². The monoisotopic (exact) mass is 280 g/mol. The first kappa shape index (κ1) is 13.5. The number of aromatic nitrogens is 1. The summed E-state index contributed by atoms with van der Waals surface area (Å²) in [5.74, 6) is -0.632. The van der Waals surface area contributed by atoms with E-state index in [1.165, 1.54) is 30.6 Å². The van der Waals surface area contributed by atoms with Gasteiger partial charge in [-0.25, -0.2) is 9.37 Å². The number of esters is 1. The molecule has 0 aliphatic carbocycles. The number of anilines is 2. The lowest BCUT2D eigenvalue weighted by atomic mass is 10.2. The highest BCUT2D eigenvalue weighted by Crippen LogP contribution is 2.22. The smallest absolute Gasteiger partial charge is 0.311 e. The Hall–Kier alpha value is -1.95. The molecule has 0 atom stereocenters. The molecule has 0 aliphatic heterocycles. The fourth-order valence-electron chi connectivity index (χ4n) is 1.60. The topological polar surface area (TPSA) is 51.2 Å². The zero-order valence-electron chi connectivity index (χ0n) is 10.6. The molecule has 1 heterocycles. The van der Waals surface area contributed by atoms with Gasteiger partial charge in [0.1, 0.15) is 5.82 Å². The lowest BCUT2D eigenvalue weighted by Crippen LogP contribution is -2.04. The summed E-state index contributed by atoms with van der Waals surface area (Å²) in [5, 5.41) is 5.40. The van der Waals surface area contributed by atoms with Gasteiger partial charge in [0, 0.05) is 11.1 Å². The van der Waals surface area contributed by atoms with Crippen molar-refractivity contribution in [1.82, 2.24) is 4.98 Å². The number of aryl methyl sites for hydroxylation is 1. The highest BCUT2D eigenvalue weighted by Gasteiger charge is 2.08. The Kier molecular flexibility index (Phi) is 4.11. The van der Waals surface area contributed by atoms with Gasteiger partial charge in [0.15, 0.2) is 5.13 Å². The Morgan fingerprint density at radius 1 is 1.47 bits per heavy atom. The molecule has 1 aromatic carbocycles. The average molecular weight is 280 g/mol. The molecule has 2 aromatic rings. The molecule has 1 N–H and O–H groups in total. The van der Waals surface area contributed by atoms with Crippen LogP contribution in [0.25, 0.3) is 0 Å². The molecule has 6 heteroatoms. The van der Waals surface area contributed by atoms with Crippen LogP contribution in [0, 0.1) is 12.7 Å². The number of benzene rings is 1. The standard InChI is InChI=1S/C13H13FN2O2S/c1-8-3-9(14)5-10(4-8)15-13-16-11(7-19-13)6-12(17)18-2/h3-5,7H,6H2,1-2H3,(H,15,16).